The second-order valence-electron chi connectivity index (χ2n) is 4.38. The molecule has 3 N–H and O–H groups in total. The van der Waals surface area contributed by atoms with E-state index in [2.05, 4.69) is 5.32 Å². The Bertz CT molecular complexity index is 434. The van der Waals surface area contributed by atoms with Gasteiger partial charge in [-0.05, 0) is 12.0 Å². The lowest BCUT2D eigenvalue weighted by Gasteiger charge is -2.20. The third-order valence-corrected chi connectivity index (χ3v) is 2.75. The molecule has 0 radical (unpaired) electrons. The molecule has 0 spiro atoms. The molecule has 0 saturated heterocycles. The summed E-state index contributed by atoms with van der Waals surface area (Å²) in [5.74, 6) is -1.37. The van der Waals surface area contributed by atoms with E-state index in [1.54, 1.807) is 0 Å². The van der Waals surface area contributed by atoms with Gasteiger partial charge in [0.25, 0.3) is 0 Å². The number of amides is 1. The number of aliphatic carboxylic acids is 1. The first-order chi connectivity index (χ1) is 9.54. The van der Waals surface area contributed by atoms with Gasteiger partial charge in [-0.15, -0.1) is 0 Å². The Morgan fingerprint density at radius 1 is 1.30 bits per heavy atom. The third kappa shape index (κ3) is 5.27. The number of hydrogen-bond donors (Lipinski definition) is 3. The maximum absolute atomic E-state index is 11.6. The van der Waals surface area contributed by atoms with Crippen molar-refractivity contribution in [2.24, 2.45) is 0 Å². The number of rotatable bonds is 7. The highest BCUT2D eigenvalue weighted by molar-refractivity contribution is 5.75. The van der Waals surface area contributed by atoms with Crippen LogP contribution in [0.2, 0.25) is 0 Å². The molecule has 0 aliphatic carbocycles. The van der Waals surface area contributed by atoms with Crippen LogP contribution < -0.4 is 5.32 Å². The Labute approximate surface area is 117 Å². The molecule has 1 rings (SSSR count). The van der Waals surface area contributed by atoms with Gasteiger partial charge in [-0.1, -0.05) is 43.7 Å². The maximum atomic E-state index is 11.6. The molecular formula is C14H19NO5. The van der Waals surface area contributed by atoms with E-state index in [9.17, 15) is 14.7 Å². The van der Waals surface area contributed by atoms with Crippen molar-refractivity contribution < 1.29 is 24.5 Å². The van der Waals surface area contributed by atoms with E-state index in [1.165, 1.54) is 0 Å². The smallest absolute Gasteiger partial charge is 0.407 e. The van der Waals surface area contributed by atoms with Crippen LogP contribution in [0.5, 0.6) is 0 Å². The molecular weight excluding hydrogens is 262 g/mol. The van der Waals surface area contributed by atoms with Crippen LogP contribution in [0.15, 0.2) is 30.3 Å². The van der Waals surface area contributed by atoms with Crippen molar-refractivity contribution in [2.45, 2.75) is 38.5 Å². The molecule has 2 atom stereocenters. The molecule has 0 bridgehead atoms. The predicted molar refractivity (Wildman–Crippen MR) is 72.1 cm³/mol. The van der Waals surface area contributed by atoms with Crippen molar-refractivity contribution in [3.8, 4) is 0 Å². The van der Waals surface area contributed by atoms with Crippen LogP contribution in [-0.2, 0) is 16.1 Å². The zero-order chi connectivity index (χ0) is 15.0. The Morgan fingerprint density at radius 2 is 1.95 bits per heavy atom. The molecule has 0 aliphatic heterocycles. The molecule has 0 aromatic heterocycles. The lowest BCUT2D eigenvalue weighted by atomic mass is 10.1. The lowest BCUT2D eigenvalue weighted by Crippen LogP contribution is -2.47. The van der Waals surface area contributed by atoms with Gasteiger partial charge in [-0.3, -0.25) is 0 Å². The minimum atomic E-state index is -1.64. The zero-order valence-corrected chi connectivity index (χ0v) is 11.3. The molecule has 1 aromatic carbocycles. The summed E-state index contributed by atoms with van der Waals surface area (Å²) >= 11 is 0. The van der Waals surface area contributed by atoms with Crippen molar-refractivity contribution >= 4 is 12.1 Å². The number of nitrogens with one attached hydrogen (secondary N) is 1. The van der Waals surface area contributed by atoms with Gasteiger partial charge in [0.05, 0.1) is 6.04 Å². The maximum Gasteiger partial charge on any atom is 0.407 e. The molecule has 6 nitrogen and oxygen atoms in total. The summed E-state index contributed by atoms with van der Waals surface area (Å²) in [6, 6.07) is 8.26. The van der Waals surface area contributed by atoms with Crippen molar-refractivity contribution in [1.29, 1.82) is 0 Å². The second kappa shape index (κ2) is 8.16. The van der Waals surface area contributed by atoms with Gasteiger partial charge in [0, 0.05) is 0 Å². The van der Waals surface area contributed by atoms with Gasteiger partial charge >= 0.3 is 12.1 Å². The Balaban J connectivity index is 2.47. The molecule has 20 heavy (non-hydrogen) atoms. The van der Waals surface area contributed by atoms with Crippen molar-refractivity contribution in [2.75, 3.05) is 0 Å². The topological polar surface area (TPSA) is 95.9 Å². The number of alkyl carbamates (subject to hydrolysis) is 1. The normalized spacial score (nSPS) is 13.3. The standard InChI is InChI=1S/C14H19NO5/c1-2-6-11(12(16)13(17)18)15-14(19)20-9-10-7-4-3-5-8-10/h3-5,7-8,11-12,16H,2,6,9H2,1H3,(H,15,19)(H,17,18)/t11-,12?/m0/s1. The first-order valence-corrected chi connectivity index (χ1v) is 6.42. The summed E-state index contributed by atoms with van der Waals surface area (Å²) in [4.78, 5) is 22.3. The lowest BCUT2D eigenvalue weighted by molar-refractivity contribution is -0.148. The van der Waals surface area contributed by atoms with E-state index in [1.807, 2.05) is 37.3 Å². The van der Waals surface area contributed by atoms with Crippen LogP contribution in [0, 0.1) is 0 Å². The monoisotopic (exact) mass is 281 g/mol. The average molecular weight is 281 g/mol. The highest BCUT2D eigenvalue weighted by Gasteiger charge is 2.26. The number of hydrogen-bond acceptors (Lipinski definition) is 4. The van der Waals surface area contributed by atoms with Gasteiger partial charge in [-0.2, -0.15) is 0 Å². The number of benzene rings is 1. The molecule has 6 heteroatoms. The summed E-state index contributed by atoms with van der Waals surface area (Å²) in [6.45, 7) is 1.92. The van der Waals surface area contributed by atoms with Gasteiger partial charge < -0.3 is 20.3 Å². The number of aliphatic hydroxyl groups excluding tert-OH is 1. The van der Waals surface area contributed by atoms with E-state index >= 15 is 0 Å². The van der Waals surface area contributed by atoms with Crippen molar-refractivity contribution in [1.82, 2.24) is 5.32 Å². The Kier molecular flexibility index (Phi) is 6.52. The predicted octanol–water partition coefficient (Wildman–Crippen LogP) is 1.53. The highest BCUT2D eigenvalue weighted by atomic mass is 16.5. The Hall–Kier alpha value is -2.08. The van der Waals surface area contributed by atoms with E-state index < -0.39 is 24.2 Å². The first-order valence-electron chi connectivity index (χ1n) is 6.42. The molecule has 0 aliphatic rings. The van der Waals surface area contributed by atoms with Crippen LogP contribution in [0.25, 0.3) is 0 Å². The number of aliphatic hydroxyl groups is 1. The minimum absolute atomic E-state index is 0.0919. The molecule has 0 fully saturated rings. The van der Waals surface area contributed by atoms with Gasteiger partial charge in [0.2, 0.25) is 0 Å². The van der Waals surface area contributed by atoms with E-state index in [0.29, 0.717) is 12.8 Å². The zero-order valence-electron chi connectivity index (χ0n) is 11.3. The fraction of sp³-hybridized carbons (Fsp3) is 0.429. The third-order valence-electron chi connectivity index (χ3n) is 2.75. The van der Waals surface area contributed by atoms with Gasteiger partial charge in [0.15, 0.2) is 6.10 Å². The Morgan fingerprint density at radius 3 is 2.50 bits per heavy atom. The van der Waals surface area contributed by atoms with Gasteiger partial charge in [-0.25, -0.2) is 9.59 Å². The fourth-order valence-electron chi connectivity index (χ4n) is 1.71. The van der Waals surface area contributed by atoms with Crippen LogP contribution >= 0.6 is 0 Å². The first kappa shape index (κ1) is 16.0. The van der Waals surface area contributed by atoms with Crippen molar-refractivity contribution in [3.05, 3.63) is 35.9 Å². The van der Waals surface area contributed by atoms with Crippen molar-refractivity contribution in [3.63, 3.8) is 0 Å². The SMILES string of the molecule is CCC[C@H](NC(=O)OCc1ccccc1)C(O)C(=O)O. The quantitative estimate of drug-likeness (QED) is 0.704. The van der Waals surface area contributed by atoms with Crippen LogP contribution in [0.1, 0.15) is 25.3 Å². The van der Waals surface area contributed by atoms with Crippen LogP contribution in [0.4, 0.5) is 4.79 Å². The number of carboxylic acids is 1. The van der Waals surface area contributed by atoms with Crippen LogP contribution in [-0.4, -0.2) is 34.4 Å². The number of carbonyl (C=O) groups excluding carboxylic acids is 1. The molecule has 1 aromatic rings. The summed E-state index contributed by atoms with van der Waals surface area (Å²) < 4.78 is 4.98. The number of carbonyl (C=O) groups is 2. The fourth-order valence-corrected chi connectivity index (χ4v) is 1.71. The molecule has 1 amide bonds. The van der Waals surface area contributed by atoms with E-state index in [4.69, 9.17) is 9.84 Å². The van der Waals surface area contributed by atoms with E-state index in [0.717, 1.165) is 5.56 Å². The summed E-state index contributed by atoms with van der Waals surface area (Å²) in [5.41, 5.74) is 0.827. The molecule has 110 valence electrons. The summed E-state index contributed by atoms with van der Waals surface area (Å²) in [5, 5.41) is 20.6. The summed E-state index contributed by atoms with van der Waals surface area (Å²) in [6.07, 6.45) is -1.39. The minimum Gasteiger partial charge on any atom is -0.479 e. The summed E-state index contributed by atoms with van der Waals surface area (Å²) in [7, 11) is 0. The van der Waals surface area contributed by atoms with Gasteiger partial charge in [0.1, 0.15) is 6.61 Å². The second-order valence-corrected chi connectivity index (χ2v) is 4.38. The van der Waals surface area contributed by atoms with E-state index in [-0.39, 0.29) is 6.61 Å². The molecule has 1 unspecified atom stereocenters. The largest absolute Gasteiger partial charge is 0.479 e. The molecule has 0 heterocycles. The average Bonchev–Trinajstić information content (AvgIpc) is 2.45. The van der Waals surface area contributed by atoms with Crippen LogP contribution in [0.3, 0.4) is 0 Å². The number of ether oxygens (including phenoxy) is 1. The molecule has 0 saturated carbocycles. The highest BCUT2D eigenvalue weighted by Crippen LogP contribution is 2.05. The number of carboxylic acid groups (broad SMARTS) is 1.